The van der Waals surface area contributed by atoms with Crippen molar-refractivity contribution in [3.05, 3.63) is 29.3 Å². The second kappa shape index (κ2) is 7.32. The maximum absolute atomic E-state index is 12.5. The monoisotopic (exact) mass is 318 g/mol. The number of likely N-dealkylation sites (tertiary alicyclic amines) is 1. The standard InChI is InChI=1S/C18H26N2O3/c1-13-3-4-14(2)17(11-13)23-15-5-8-20(9-6-15)18(21)16-12-22-10-7-19-16/h3-4,11,15-16,19H,5-10,12H2,1-2H3. The molecule has 23 heavy (non-hydrogen) atoms. The third-order valence-corrected chi connectivity index (χ3v) is 4.61. The Hall–Kier alpha value is -1.59. The summed E-state index contributed by atoms with van der Waals surface area (Å²) in [6.45, 7) is 7.59. The van der Waals surface area contributed by atoms with Crippen LogP contribution in [0.25, 0.3) is 0 Å². The first-order valence-electron chi connectivity index (χ1n) is 8.47. The first-order chi connectivity index (χ1) is 11.1. The lowest BCUT2D eigenvalue weighted by Crippen LogP contribution is -2.54. The van der Waals surface area contributed by atoms with Gasteiger partial charge in [-0.1, -0.05) is 12.1 Å². The molecule has 1 aromatic carbocycles. The molecule has 126 valence electrons. The van der Waals surface area contributed by atoms with E-state index in [1.165, 1.54) is 5.56 Å². The lowest BCUT2D eigenvalue weighted by atomic mass is 10.1. The fourth-order valence-corrected chi connectivity index (χ4v) is 3.15. The number of carbonyl (C=O) groups is 1. The van der Waals surface area contributed by atoms with Crippen LogP contribution in [0.1, 0.15) is 24.0 Å². The van der Waals surface area contributed by atoms with E-state index in [4.69, 9.17) is 9.47 Å². The van der Waals surface area contributed by atoms with E-state index >= 15 is 0 Å². The van der Waals surface area contributed by atoms with Gasteiger partial charge in [-0.3, -0.25) is 4.79 Å². The molecule has 2 fully saturated rings. The number of ether oxygens (including phenoxy) is 2. The number of nitrogens with zero attached hydrogens (tertiary/aromatic N) is 1. The van der Waals surface area contributed by atoms with Crippen molar-refractivity contribution in [3.8, 4) is 5.75 Å². The summed E-state index contributed by atoms with van der Waals surface area (Å²) in [5, 5.41) is 3.23. The number of rotatable bonds is 3. The minimum atomic E-state index is -0.180. The SMILES string of the molecule is Cc1ccc(C)c(OC2CCN(C(=O)C3COCCN3)CC2)c1. The second-order valence-electron chi connectivity index (χ2n) is 6.49. The molecule has 2 aliphatic heterocycles. The first kappa shape index (κ1) is 16.3. The van der Waals surface area contributed by atoms with Crippen molar-refractivity contribution >= 4 is 5.91 Å². The highest BCUT2D eigenvalue weighted by molar-refractivity contribution is 5.82. The van der Waals surface area contributed by atoms with Gasteiger partial charge in [-0.05, 0) is 31.0 Å². The Morgan fingerprint density at radius 1 is 1.30 bits per heavy atom. The number of hydrogen-bond donors (Lipinski definition) is 1. The highest BCUT2D eigenvalue weighted by Gasteiger charge is 2.30. The molecule has 1 unspecified atom stereocenters. The Morgan fingerprint density at radius 2 is 2.09 bits per heavy atom. The van der Waals surface area contributed by atoms with Gasteiger partial charge in [0.25, 0.3) is 0 Å². The number of amides is 1. The molecule has 2 heterocycles. The van der Waals surface area contributed by atoms with Crippen LogP contribution in [-0.4, -0.2) is 55.8 Å². The van der Waals surface area contributed by atoms with Crippen LogP contribution in [0.4, 0.5) is 0 Å². The molecule has 5 heteroatoms. The van der Waals surface area contributed by atoms with Gasteiger partial charge in [-0.2, -0.15) is 0 Å². The maximum atomic E-state index is 12.5. The summed E-state index contributed by atoms with van der Waals surface area (Å²) in [6, 6.07) is 6.11. The molecule has 1 amide bonds. The summed E-state index contributed by atoms with van der Waals surface area (Å²) < 4.78 is 11.5. The molecule has 0 aromatic heterocycles. The summed E-state index contributed by atoms with van der Waals surface area (Å²) in [5.41, 5.74) is 2.37. The summed E-state index contributed by atoms with van der Waals surface area (Å²) in [6.07, 6.45) is 1.95. The second-order valence-corrected chi connectivity index (χ2v) is 6.49. The third-order valence-electron chi connectivity index (χ3n) is 4.61. The molecule has 2 saturated heterocycles. The molecule has 0 spiro atoms. The zero-order valence-corrected chi connectivity index (χ0v) is 14.0. The molecule has 1 N–H and O–H groups in total. The number of nitrogens with one attached hydrogen (secondary N) is 1. The average Bonchev–Trinajstić information content (AvgIpc) is 2.59. The molecule has 2 aliphatic rings. The van der Waals surface area contributed by atoms with Crippen LogP contribution in [0.5, 0.6) is 5.75 Å². The summed E-state index contributed by atoms with van der Waals surface area (Å²) in [4.78, 5) is 14.4. The molecule has 3 rings (SSSR count). The predicted molar refractivity (Wildman–Crippen MR) is 88.8 cm³/mol. The van der Waals surface area contributed by atoms with E-state index in [1.807, 2.05) is 4.90 Å². The highest BCUT2D eigenvalue weighted by Crippen LogP contribution is 2.24. The number of benzene rings is 1. The number of aryl methyl sites for hydroxylation is 2. The minimum absolute atomic E-state index is 0.162. The van der Waals surface area contributed by atoms with Crippen LogP contribution < -0.4 is 10.1 Å². The zero-order chi connectivity index (χ0) is 16.2. The highest BCUT2D eigenvalue weighted by atomic mass is 16.5. The van der Waals surface area contributed by atoms with E-state index < -0.39 is 0 Å². The molecule has 0 saturated carbocycles. The molecule has 0 radical (unpaired) electrons. The van der Waals surface area contributed by atoms with E-state index in [0.717, 1.165) is 43.8 Å². The number of hydrogen-bond acceptors (Lipinski definition) is 4. The largest absolute Gasteiger partial charge is 0.490 e. The lowest BCUT2D eigenvalue weighted by molar-refractivity contribution is -0.138. The van der Waals surface area contributed by atoms with Crippen LogP contribution >= 0.6 is 0 Å². The Bertz CT molecular complexity index is 547. The van der Waals surface area contributed by atoms with Crippen LogP contribution in [0.15, 0.2) is 18.2 Å². The van der Waals surface area contributed by atoms with E-state index in [1.54, 1.807) is 0 Å². The van der Waals surface area contributed by atoms with Crippen LogP contribution in [0, 0.1) is 13.8 Å². The molecular weight excluding hydrogens is 292 g/mol. The summed E-state index contributed by atoms with van der Waals surface area (Å²) >= 11 is 0. The van der Waals surface area contributed by atoms with Gasteiger partial charge in [-0.15, -0.1) is 0 Å². The zero-order valence-electron chi connectivity index (χ0n) is 14.0. The van der Waals surface area contributed by atoms with E-state index in [2.05, 4.69) is 37.4 Å². The van der Waals surface area contributed by atoms with Crippen molar-refractivity contribution in [1.29, 1.82) is 0 Å². The van der Waals surface area contributed by atoms with E-state index in [0.29, 0.717) is 13.2 Å². The molecular formula is C18H26N2O3. The lowest BCUT2D eigenvalue weighted by Gasteiger charge is -2.35. The van der Waals surface area contributed by atoms with Crippen molar-refractivity contribution in [1.82, 2.24) is 10.2 Å². The van der Waals surface area contributed by atoms with Gasteiger partial charge in [-0.25, -0.2) is 0 Å². The van der Waals surface area contributed by atoms with Gasteiger partial charge < -0.3 is 19.7 Å². The number of morpholine rings is 1. The first-order valence-corrected chi connectivity index (χ1v) is 8.47. The normalized spacial score (nSPS) is 22.9. The average molecular weight is 318 g/mol. The summed E-state index contributed by atoms with van der Waals surface area (Å²) in [5.74, 6) is 1.13. The van der Waals surface area contributed by atoms with E-state index in [-0.39, 0.29) is 18.1 Å². The molecule has 1 atom stereocenters. The summed E-state index contributed by atoms with van der Waals surface area (Å²) in [7, 11) is 0. The van der Waals surface area contributed by atoms with Crippen molar-refractivity contribution in [3.63, 3.8) is 0 Å². The Morgan fingerprint density at radius 3 is 2.78 bits per heavy atom. The predicted octanol–water partition coefficient (Wildman–Crippen LogP) is 1.66. The molecule has 1 aromatic rings. The fourth-order valence-electron chi connectivity index (χ4n) is 3.15. The number of piperidine rings is 1. The van der Waals surface area contributed by atoms with Gasteiger partial charge in [0.1, 0.15) is 17.9 Å². The molecule has 0 bridgehead atoms. The Kier molecular flexibility index (Phi) is 5.18. The smallest absolute Gasteiger partial charge is 0.242 e. The van der Waals surface area contributed by atoms with Gasteiger partial charge in [0.2, 0.25) is 5.91 Å². The van der Waals surface area contributed by atoms with Gasteiger partial charge in [0.05, 0.1) is 13.2 Å². The van der Waals surface area contributed by atoms with Crippen molar-refractivity contribution in [2.75, 3.05) is 32.8 Å². The van der Waals surface area contributed by atoms with Crippen molar-refractivity contribution < 1.29 is 14.3 Å². The Balaban J connectivity index is 1.52. The fraction of sp³-hybridized carbons (Fsp3) is 0.611. The number of carbonyl (C=O) groups excluding carboxylic acids is 1. The third kappa shape index (κ3) is 4.03. The van der Waals surface area contributed by atoms with Gasteiger partial charge >= 0.3 is 0 Å². The topological polar surface area (TPSA) is 50.8 Å². The van der Waals surface area contributed by atoms with Gasteiger partial charge in [0, 0.05) is 32.5 Å². The van der Waals surface area contributed by atoms with Crippen LogP contribution in [0.2, 0.25) is 0 Å². The van der Waals surface area contributed by atoms with E-state index in [9.17, 15) is 4.79 Å². The maximum Gasteiger partial charge on any atom is 0.242 e. The quantitative estimate of drug-likeness (QED) is 0.921. The molecule has 0 aliphatic carbocycles. The Labute approximate surface area is 137 Å². The van der Waals surface area contributed by atoms with Crippen molar-refractivity contribution in [2.45, 2.75) is 38.8 Å². The van der Waals surface area contributed by atoms with Crippen molar-refractivity contribution in [2.24, 2.45) is 0 Å². The minimum Gasteiger partial charge on any atom is -0.490 e. The van der Waals surface area contributed by atoms with Crippen LogP contribution in [-0.2, 0) is 9.53 Å². The molecule has 5 nitrogen and oxygen atoms in total. The van der Waals surface area contributed by atoms with Gasteiger partial charge in [0.15, 0.2) is 0 Å². The van der Waals surface area contributed by atoms with Crippen LogP contribution in [0.3, 0.4) is 0 Å².